The number of hydrogen-bond acceptors (Lipinski definition) is 3. The van der Waals surface area contributed by atoms with Crippen molar-refractivity contribution in [3.8, 4) is 0 Å². The standard InChI is InChI=1S/C22H22ClN3O3/c1-14(16-7-4-9-17(23)12-16)24-19(27)13-26-20(28)22(25-21(26)29)11-5-8-15-6-2-3-10-18(15)22/h2-4,6-7,9-10,12,14H,5,8,11,13H2,1H3,(H,24,27)(H,25,29). The summed E-state index contributed by atoms with van der Waals surface area (Å²) in [6.07, 6.45) is 2.21. The van der Waals surface area contributed by atoms with E-state index < -0.39 is 17.5 Å². The molecule has 1 spiro atoms. The average Bonchev–Trinajstić information content (AvgIpc) is 2.93. The van der Waals surface area contributed by atoms with E-state index in [0.717, 1.165) is 34.4 Å². The zero-order chi connectivity index (χ0) is 20.6. The van der Waals surface area contributed by atoms with Crippen molar-refractivity contribution in [3.05, 3.63) is 70.2 Å². The Morgan fingerprint density at radius 2 is 2.03 bits per heavy atom. The summed E-state index contributed by atoms with van der Waals surface area (Å²) in [4.78, 5) is 39.4. The summed E-state index contributed by atoms with van der Waals surface area (Å²) < 4.78 is 0. The monoisotopic (exact) mass is 411 g/mol. The van der Waals surface area contributed by atoms with Gasteiger partial charge >= 0.3 is 6.03 Å². The molecular weight excluding hydrogens is 390 g/mol. The molecule has 2 aromatic carbocycles. The number of nitrogens with zero attached hydrogens (tertiary/aromatic N) is 1. The summed E-state index contributed by atoms with van der Waals surface area (Å²) in [6, 6.07) is 14.0. The molecule has 2 aliphatic rings. The van der Waals surface area contributed by atoms with Crippen LogP contribution in [0.3, 0.4) is 0 Å². The van der Waals surface area contributed by atoms with E-state index in [4.69, 9.17) is 11.6 Å². The molecule has 150 valence electrons. The summed E-state index contributed by atoms with van der Waals surface area (Å²) in [5.41, 5.74) is 1.68. The maximum absolute atomic E-state index is 13.2. The normalized spacial score (nSPS) is 21.7. The fourth-order valence-electron chi connectivity index (χ4n) is 4.25. The lowest BCUT2D eigenvalue weighted by molar-refractivity contribution is -0.135. The van der Waals surface area contributed by atoms with Crippen LogP contribution < -0.4 is 10.6 Å². The first-order valence-electron chi connectivity index (χ1n) is 9.68. The van der Waals surface area contributed by atoms with Gasteiger partial charge in [-0.25, -0.2) is 4.79 Å². The Bertz CT molecular complexity index is 993. The van der Waals surface area contributed by atoms with Crippen LogP contribution in [0.2, 0.25) is 5.02 Å². The molecule has 0 radical (unpaired) electrons. The van der Waals surface area contributed by atoms with Crippen molar-refractivity contribution in [3.63, 3.8) is 0 Å². The van der Waals surface area contributed by atoms with Crippen LogP contribution in [0, 0.1) is 0 Å². The average molecular weight is 412 g/mol. The molecule has 1 aliphatic heterocycles. The Balaban J connectivity index is 1.50. The van der Waals surface area contributed by atoms with Crippen molar-refractivity contribution >= 4 is 29.4 Å². The van der Waals surface area contributed by atoms with E-state index in [9.17, 15) is 14.4 Å². The predicted molar refractivity (Wildman–Crippen MR) is 109 cm³/mol. The summed E-state index contributed by atoms with van der Waals surface area (Å²) >= 11 is 6.01. The van der Waals surface area contributed by atoms with Gasteiger partial charge in [-0.2, -0.15) is 0 Å². The Morgan fingerprint density at radius 3 is 2.83 bits per heavy atom. The topological polar surface area (TPSA) is 78.5 Å². The van der Waals surface area contributed by atoms with Crippen molar-refractivity contribution < 1.29 is 14.4 Å². The molecule has 1 fully saturated rings. The number of amides is 4. The van der Waals surface area contributed by atoms with E-state index in [1.165, 1.54) is 0 Å². The van der Waals surface area contributed by atoms with Gasteiger partial charge in [-0.1, -0.05) is 48.0 Å². The highest BCUT2D eigenvalue weighted by Gasteiger charge is 2.54. The summed E-state index contributed by atoms with van der Waals surface area (Å²) in [7, 11) is 0. The second-order valence-electron chi connectivity index (χ2n) is 7.58. The van der Waals surface area contributed by atoms with Gasteiger partial charge in [0.2, 0.25) is 5.91 Å². The number of fused-ring (bicyclic) bond motifs is 2. The van der Waals surface area contributed by atoms with Gasteiger partial charge in [0, 0.05) is 5.02 Å². The summed E-state index contributed by atoms with van der Waals surface area (Å²) in [6.45, 7) is 1.51. The number of aryl methyl sites for hydroxylation is 1. The van der Waals surface area contributed by atoms with Gasteiger partial charge in [0.25, 0.3) is 5.91 Å². The number of halogens is 1. The van der Waals surface area contributed by atoms with E-state index >= 15 is 0 Å². The third-order valence-electron chi connectivity index (χ3n) is 5.68. The largest absolute Gasteiger partial charge is 0.348 e. The molecule has 4 rings (SSSR count). The molecule has 0 bridgehead atoms. The lowest BCUT2D eigenvalue weighted by Crippen LogP contribution is -2.47. The zero-order valence-corrected chi connectivity index (χ0v) is 16.8. The molecule has 29 heavy (non-hydrogen) atoms. The summed E-state index contributed by atoms with van der Waals surface area (Å²) in [5.74, 6) is -0.762. The van der Waals surface area contributed by atoms with Crippen molar-refractivity contribution in [1.82, 2.24) is 15.5 Å². The molecular formula is C22H22ClN3O3. The van der Waals surface area contributed by atoms with Gasteiger partial charge in [-0.15, -0.1) is 0 Å². The Kier molecular flexibility index (Phi) is 5.04. The first kappa shape index (κ1) is 19.5. The number of urea groups is 1. The minimum absolute atomic E-state index is 0.300. The number of hydrogen-bond donors (Lipinski definition) is 2. The van der Waals surface area contributed by atoms with Crippen molar-refractivity contribution in [1.29, 1.82) is 0 Å². The molecule has 7 heteroatoms. The van der Waals surface area contributed by atoms with Crippen LogP contribution >= 0.6 is 11.6 Å². The SMILES string of the molecule is CC(NC(=O)CN1C(=O)NC2(CCCc3ccccc32)C1=O)c1cccc(Cl)c1. The van der Waals surface area contributed by atoms with E-state index in [2.05, 4.69) is 10.6 Å². The number of benzene rings is 2. The second-order valence-corrected chi connectivity index (χ2v) is 8.02. The quantitative estimate of drug-likeness (QED) is 0.757. The highest BCUT2D eigenvalue weighted by atomic mass is 35.5. The van der Waals surface area contributed by atoms with Crippen molar-refractivity contribution in [2.45, 2.75) is 37.8 Å². The third kappa shape index (κ3) is 3.49. The first-order valence-corrected chi connectivity index (χ1v) is 10.1. The molecule has 1 aliphatic carbocycles. The maximum atomic E-state index is 13.2. The predicted octanol–water partition coefficient (Wildman–Crippen LogP) is 3.30. The van der Waals surface area contributed by atoms with Crippen molar-refractivity contribution in [2.24, 2.45) is 0 Å². The molecule has 2 N–H and O–H groups in total. The molecule has 2 unspecified atom stereocenters. The second kappa shape index (κ2) is 7.52. The van der Waals surface area contributed by atoms with Crippen LogP contribution in [0.1, 0.15) is 42.5 Å². The van der Waals surface area contributed by atoms with Gasteiger partial charge in [-0.3, -0.25) is 14.5 Å². The molecule has 4 amide bonds. The fraction of sp³-hybridized carbons (Fsp3) is 0.318. The maximum Gasteiger partial charge on any atom is 0.325 e. The molecule has 2 aromatic rings. The number of imide groups is 1. The smallest absolute Gasteiger partial charge is 0.325 e. The molecule has 2 atom stereocenters. The lowest BCUT2D eigenvalue weighted by atomic mass is 9.76. The van der Waals surface area contributed by atoms with Gasteiger partial charge in [0.15, 0.2) is 0 Å². The van der Waals surface area contributed by atoms with Gasteiger partial charge in [0.1, 0.15) is 12.1 Å². The Labute approximate surface area is 174 Å². The Hall–Kier alpha value is -2.86. The van der Waals surface area contributed by atoms with E-state index in [0.29, 0.717) is 11.4 Å². The molecule has 0 saturated carbocycles. The fourth-order valence-corrected chi connectivity index (χ4v) is 4.44. The van der Waals surface area contributed by atoms with Crippen LogP contribution in [0.25, 0.3) is 0 Å². The van der Waals surface area contributed by atoms with Gasteiger partial charge < -0.3 is 10.6 Å². The van der Waals surface area contributed by atoms with Crippen LogP contribution in [-0.2, 0) is 21.5 Å². The third-order valence-corrected chi connectivity index (χ3v) is 5.91. The van der Waals surface area contributed by atoms with Crippen LogP contribution in [-0.4, -0.2) is 29.3 Å². The molecule has 0 aromatic heterocycles. The first-order chi connectivity index (χ1) is 13.9. The summed E-state index contributed by atoms with van der Waals surface area (Å²) in [5, 5.41) is 6.27. The molecule has 1 saturated heterocycles. The molecule has 1 heterocycles. The van der Waals surface area contributed by atoms with E-state index in [1.54, 1.807) is 12.1 Å². The van der Waals surface area contributed by atoms with Gasteiger partial charge in [0.05, 0.1) is 6.04 Å². The molecule has 6 nitrogen and oxygen atoms in total. The number of nitrogens with one attached hydrogen (secondary N) is 2. The highest BCUT2D eigenvalue weighted by molar-refractivity contribution is 6.30. The highest BCUT2D eigenvalue weighted by Crippen LogP contribution is 2.39. The number of rotatable bonds is 4. The van der Waals surface area contributed by atoms with Crippen molar-refractivity contribution in [2.75, 3.05) is 6.54 Å². The minimum atomic E-state index is -1.06. The van der Waals surface area contributed by atoms with Gasteiger partial charge in [-0.05, 0) is 55.0 Å². The van der Waals surface area contributed by atoms with E-state index in [1.807, 2.05) is 43.3 Å². The number of carbonyl (C=O) groups excluding carboxylic acids is 3. The van der Waals surface area contributed by atoms with E-state index in [-0.39, 0.29) is 18.5 Å². The van der Waals surface area contributed by atoms with Crippen LogP contribution in [0.5, 0.6) is 0 Å². The Morgan fingerprint density at radius 1 is 1.24 bits per heavy atom. The van der Waals surface area contributed by atoms with Crippen LogP contribution in [0.4, 0.5) is 4.79 Å². The lowest BCUT2D eigenvalue weighted by Gasteiger charge is -2.33. The minimum Gasteiger partial charge on any atom is -0.348 e. The van der Waals surface area contributed by atoms with Crippen LogP contribution in [0.15, 0.2) is 48.5 Å². The zero-order valence-electron chi connectivity index (χ0n) is 16.1. The number of carbonyl (C=O) groups is 3.